The number of nitrogens with one attached hydrogen (secondary N) is 1. The molecular formula is C19H22N2O3S. The Hall–Kier alpha value is -2.18. The molecule has 6 heteroatoms. The molecule has 1 aliphatic rings. The highest BCUT2D eigenvalue weighted by atomic mass is 32.2. The van der Waals surface area contributed by atoms with Gasteiger partial charge in [0.15, 0.2) is 0 Å². The number of carbonyl (C=O) groups excluding carboxylic acids is 1. The van der Waals surface area contributed by atoms with Gasteiger partial charge in [-0.1, -0.05) is 48.0 Å². The molecule has 0 aromatic heterocycles. The molecule has 1 aliphatic heterocycles. The van der Waals surface area contributed by atoms with E-state index in [0.717, 1.165) is 11.1 Å². The third-order valence-electron chi connectivity index (χ3n) is 4.64. The van der Waals surface area contributed by atoms with Crippen LogP contribution in [0.5, 0.6) is 0 Å². The maximum absolute atomic E-state index is 12.8. The molecule has 2 aromatic carbocycles. The molecular weight excluding hydrogens is 336 g/mol. The highest BCUT2D eigenvalue weighted by Crippen LogP contribution is 2.32. The minimum atomic E-state index is -3.72. The highest BCUT2D eigenvalue weighted by molar-refractivity contribution is 7.89. The molecule has 2 unspecified atom stereocenters. The quantitative estimate of drug-likeness (QED) is 0.893. The minimum Gasteiger partial charge on any atom is -0.345 e. The Kier molecular flexibility index (Phi) is 4.92. The van der Waals surface area contributed by atoms with Crippen molar-refractivity contribution in [3.8, 4) is 0 Å². The van der Waals surface area contributed by atoms with Crippen LogP contribution in [-0.2, 0) is 14.8 Å². The number of amides is 1. The number of nitrogens with zero attached hydrogens (tertiary/aromatic N) is 1. The lowest BCUT2D eigenvalue weighted by molar-refractivity contribution is -0.130. The molecule has 0 radical (unpaired) electrons. The smallest absolute Gasteiger partial charge is 0.241 e. The van der Waals surface area contributed by atoms with Crippen LogP contribution in [0.1, 0.15) is 23.6 Å². The maximum Gasteiger partial charge on any atom is 0.241 e. The Bertz CT molecular complexity index is 848. The lowest BCUT2D eigenvalue weighted by Gasteiger charge is -2.24. The van der Waals surface area contributed by atoms with E-state index in [2.05, 4.69) is 4.72 Å². The summed E-state index contributed by atoms with van der Waals surface area (Å²) >= 11 is 0. The molecule has 2 atom stereocenters. The van der Waals surface area contributed by atoms with E-state index < -0.39 is 22.0 Å². The van der Waals surface area contributed by atoms with Gasteiger partial charge in [0.05, 0.1) is 16.9 Å². The summed E-state index contributed by atoms with van der Waals surface area (Å²) in [5.74, 6) is -0.423. The summed E-state index contributed by atoms with van der Waals surface area (Å²) in [4.78, 5) is 14.3. The summed E-state index contributed by atoms with van der Waals surface area (Å²) in [6, 6.07) is 15.4. The summed E-state index contributed by atoms with van der Waals surface area (Å²) in [5, 5.41) is 0. The SMILES string of the molecule is Cc1ccc(S(=O)(=O)NC(c2ccccc2)C2CCN(C)C2=O)cc1. The summed E-state index contributed by atoms with van der Waals surface area (Å²) in [6.45, 7) is 2.54. The number of likely N-dealkylation sites (tertiary alicyclic amines) is 1. The first-order valence-electron chi connectivity index (χ1n) is 8.27. The molecule has 0 aliphatic carbocycles. The average molecular weight is 358 g/mol. The van der Waals surface area contributed by atoms with Gasteiger partial charge in [-0.2, -0.15) is 0 Å². The molecule has 0 saturated carbocycles. The number of sulfonamides is 1. The molecule has 1 heterocycles. The molecule has 1 amide bonds. The molecule has 1 saturated heterocycles. The number of hydrogen-bond donors (Lipinski definition) is 1. The van der Waals surface area contributed by atoms with Crippen molar-refractivity contribution in [2.24, 2.45) is 5.92 Å². The molecule has 25 heavy (non-hydrogen) atoms. The molecule has 0 bridgehead atoms. The predicted octanol–water partition coefficient (Wildman–Crippen LogP) is 2.49. The zero-order chi connectivity index (χ0) is 18.0. The van der Waals surface area contributed by atoms with Crippen LogP contribution < -0.4 is 4.72 Å². The molecule has 2 aromatic rings. The van der Waals surface area contributed by atoms with Crippen LogP contribution in [0.4, 0.5) is 0 Å². The summed E-state index contributed by atoms with van der Waals surface area (Å²) in [5.41, 5.74) is 1.79. The Morgan fingerprint density at radius 1 is 1.08 bits per heavy atom. The van der Waals surface area contributed by atoms with Crippen molar-refractivity contribution in [1.82, 2.24) is 9.62 Å². The van der Waals surface area contributed by atoms with Crippen LogP contribution in [0.25, 0.3) is 0 Å². The Morgan fingerprint density at radius 3 is 2.28 bits per heavy atom. The Balaban J connectivity index is 1.95. The fraction of sp³-hybridized carbons (Fsp3) is 0.316. The standard InChI is InChI=1S/C19H22N2O3S/c1-14-8-10-16(11-9-14)25(23,24)20-18(15-6-4-3-5-7-15)17-12-13-21(2)19(17)22/h3-11,17-18,20H,12-13H2,1-2H3. The fourth-order valence-corrected chi connectivity index (χ4v) is 4.42. The number of aryl methyl sites for hydroxylation is 1. The van der Waals surface area contributed by atoms with Crippen molar-refractivity contribution >= 4 is 15.9 Å². The van der Waals surface area contributed by atoms with E-state index in [0.29, 0.717) is 13.0 Å². The van der Waals surface area contributed by atoms with E-state index >= 15 is 0 Å². The Morgan fingerprint density at radius 2 is 1.72 bits per heavy atom. The molecule has 1 fully saturated rings. The van der Waals surface area contributed by atoms with Crippen molar-refractivity contribution in [3.63, 3.8) is 0 Å². The second-order valence-electron chi connectivity index (χ2n) is 6.48. The predicted molar refractivity (Wildman–Crippen MR) is 96.4 cm³/mol. The zero-order valence-corrected chi connectivity index (χ0v) is 15.2. The largest absolute Gasteiger partial charge is 0.345 e. The van der Waals surface area contributed by atoms with Gasteiger partial charge in [-0.25, -0.2) is 13.1 Å². The monoisotopic (exact) mass is 358 g/mol. The summed E-state index contributed by atoms with van der Waals surface area (Å²) in [7, 11) is -1.97. The van der Waals surface area contributed by atoms with Crippen LogP contribution in [0.2, 0.25) is 0 Å². The van der Waals surface area contributed by atoms with Gasteiger partial charge in [0.25, 0.3) is 0 Å². The van der Waals surface area contributed by atoms with Crippen LogP contribution in [0, 0.1) is 12.8 Å². The van der Waals surface area contributed by atoms with Gasteiger partial charge in [-0.05, 0) is 31.0 Å². The minimum absolute atomic E-state index is 0.0274. The highest BCUT2D eigenvalue weighted by Gasteiger charge is 2.38. The molecule has 132 valence electrons. The van der Waals surface area contributed by atoms with Crippen molar-refractivity contribution in [1.29, 1.82) is 0 Å². The van der Waals surface area contributed by atoms with E-state index in [1.54, 1.807) is 36.2 Å². The van der Waals surface area contributed by atoms with Crippen molar-refractivity contribution < 1.29 is 13.2 Å². The third-order valence-corrected chi connectivity index (χ3v) is 6.10. The van der Waals surface area contributed by atoms with Crippen LogP contribution in [0.15, 0.2) is 59.5 Å². The summed E-state index contributed by atoms with van der Waals surface area (Å²) in [6.07, 6.45) is 0.630. The normalized spacial score (nSPS) is 19.2. The van der Waals surface area contributed by atoms with E-state index in [1.807, 2.05) is 37.3 Å². The lowest BCUT2D eigenvalue weighted by atomic mass is 9.92. The van der Waals surface area contributed by atoms with E-state index in [-0.39, 0.29) is 10.8 Å². The van der Waals surface area contributed by atoms with Gasteiger partial charge in [0, 0.05) is 13.6 Å². The number of rotatable bonds is 5. The van der Waals surface area contributed by atoms with Gasteiger partial charge in [0.1, 0.15) is 0 Å². The third kappa shape index (κ3) is 3.75. The van der Waals surface area contributed by atoms with Crippen LogP contribution in [-0.4, -0.2) is 32.8 Å². The van der Waals surface area contributed by atoms with E-state index in [9.17, 15) is 13.2 Å². The maximum atomic E-state index is 12.8. The first-order chi connectivity index (χ1) is 11.9. The van der Waals surface area contributed by atoms with Gasteiger partial charge in [-0.15, -0.1) is 0 Å². The van der Waals surface area contributed by atoms with Crippen LogP contribution in [0.3, 0.4) is 0 Å². The van der Waals surface area contributed by atoms with E-state index in [1.165, 1.54) is 0 Å². The average Bonchev–Trinajstić information content (AvgIpc) is 2.93. The van der Waals surface area contributed by atoms with Gasteiger partial charge in [-0.3, -0.25) is 4.79 Å². The van der Waals surface area contributed by atoms with E-state index in [4.69, 9.17) is 0 Å². The van der Waals surface area contributed by atoms with Gasteiger partial charge in [0.2, 0.25) is 15.9 Å². The number of benzene rings is 2. The molecule has 0 spiro atoms. The van der Waals surface area contributed by atoms with Gasteiger partial charge >= 0.3 is 0 Å². The summed E-state index contributed by atoms with van der Waals surface area (Å²) < 4.78 is 28.4. The molecule has 3 rings (SSSR count). The van der Waals surface area contributed by atoms with Gasteiger partial charge < -0.3 is 4.90 Å². The van der Waals surface area contributed by atoms with Crippen molar-refractivity contribution in [2.45, 2.75) is 24.3 Å². The second-order valence-corrected chi connectivity index (χ2v) is 8.19. The first kappa shape index (κ1) is 17.6. The Labute approximate surface area is 148 Å². The first-order valence-corrected chi connectivity index (χ1v) is 9.76. The molecule has 1 N–H and O–H groups in total. The topological polar surface area (TPSA) is 66.5 Å². The van der Waals surface area contributed by atoms with Crippen molar-refractivity contribution in [2.75, 3.05) is 13.6 Å². The molecule has 5 nitrogen and oxygen atoms in total. The number of carbonyl (C=O) groups is 1. The zero-order valence-electron chi connectivity index (χ0n) is 14.3. The van der Waals surface area contributed by atoms with Crippen LogP contribution >= 0.6 is 0 Å². The fourth-order valence-electron chi connectivity index (χ4n) is 3.15. The number of hydrogen-bond acceptors (Lipinski definition) is 3. The van der Waals surface area contributed by atoms with Crippen molar-refractivity contribution in [3.05, 3.63) is 65.7 Å². The lowest BCUT2D eigenvalue weighted by Crippen LogP contribution is -2.37. The second kappa shape index (κ2) is 6.98.